The van der Waals surface area contributed by atoms with E-state index >= 15 is 0 Å². The van der Waals surface area contributed by atoms with Gasteiger partial charge in [-0.1, -0.05) is 36.8 Å². The Morgan fingerprint density at radius 3 is 2.77 bits per heavy atom. The minimum atomic E-state index is 0.230. The van der Waals surface area contributed by atoms with E-state index in [4.69, 9.17) is 9.73 Å². The van der Waals surface area contributed by atoms with Gasteiger partial charge in [0.2, 0.25) is 0 Å². The van der Waals surface area contributed by atoms with Crippen molar-refractivity contribution in [1.29, 1.82) is 0 Å². The van der Waals surface area contributed by atoms with Crippen molar-refractivity contribution in [2.75, 3.05) is 37.7 Å². The monoisotopic (exact) mass is 421 g/mol. The molecule has 0 bridgehead atoms. The number of nitrogens with zero attached hydrogens (tertiary/aromatic N) is 3. The Morgan fingerprint density at radius 2 is 2.06 bits per heavy atom. The van der Waals surface area contributed by atoms with Gasteiger partial charge in [0, 0.05) is 37.8 Å². The lowest BCUT2D eigenvalue weighted by Gasteiger charge is -2.43. The van der Waals surface area contributed by atoms with Crippen LogP contribution in [0.5, 0.6) is 0 Å². The number of nitrogens with one attached hydrogen (secondary N) is 2. The lowest BCUT2D eigenvalue weighted by molar-refractivity contribution is 0.0529. The molecule has 0 spiro atoms. The van der Waals surface area contributed by atoms with Crippen LogP contribution in [0.2, 0.25) is 0 Å². The third-order valence-electron chi connectivity index (χ3n) is 6.43. The zero-order valence-corrected chi connectivity index (χ0v) is 18.8. The Bertz CT molecular complexity index is 865. The van der Waals surface area contributed by atoms with Crippen molar-refractivity contribution in [2.45, 2.75) is 51.2 Å². The molecule has 1 unspecified atom stereocenters. The Labute approximate surface area is 186 Å². The van der Waals surface area contributed by atoms with Crippen LogP contribution in [0.1, 0.15) is 44.2 Å². The van der Waals surface area contributed by atoms with E-state index < -0.39 is 0 Å². The highest BCUT2D eigenvalue weighted by Gasteiger charge is 2.38. The van der Waals surface area contributed by atoms with Crippen LogP contribution in [-0.2, 0) is 16.7 Å². The average Bonchev–Trinajstić information content (AvgIpc) is 2.77. The number of morpholine rings is 1. The van der Waals surface area contributed by atoms with E-state index in [2.05, 4.69) is 76.8 Å². The molecule has 2 aliphatic rings. The molecule has 166 valence electrons. The summed E-state index contributed by atoms with van der Waals surface area (Å²) < 4.78 is 5.66. The molecule has 2 fully saturated rings. The molecule has 1 aromatic heterocycles. The first-order valence-corrected chi connectivity index (χ1v) is 11.6. The maximum atomic E-state index is 5.66. The third-order valence-corrected chi connectivity index (χ3v) is 6.43. The Kier molecular flexibility index (Phi) is 7.07. The number of ether oxygens (including phenoxy) is 1. The maximum absolute atomic E-state index is 5.66. The molecule has 1 aromatic carbocycles. The summed E-state index contributed by atoms with van der Waals surface area (Å²) in [5.74, 6) is 1.89. The predicted octanol–water partition coefficient (Wildman–Crippen LogP) is 3.48. The summed E-state index contributed by atoms with van der Waals surface area (Å²) in [5.41, 5.74) is 2.83. The number of hydrogen-bond donors (Lipinski definition) is 2. The fourth-order valence-electron chi connectivity index (χ4n) is 4.49. The van der Waals surface area contributed by atoms with Gasteiger partial charge in [0.15, 0.2) is 5.96 Å². The van der Waals surface area contributed by atoms with Gasteiger partial charge in [0.1, 0.15) is 5.82 Å². The first kappa shape index (κ1) is 21.6. The Morgan fingerprint density at radius 1 is 1.23 bits per heavy atom. The number of pyridine rings is 1. The van der Waals surface area contributed by atoms with Crippen LogP contribution in [0.4, 0.5) is 5.82 Å². The third kappa shape index (κ3) is 5.37. The van der Waals surface area contributed by atoms with Crippen molar-refractivity contribution < 1.29 is 4.74 Å². The largest absolute Gasteiger partial charge is 0.375 e. The minimum absolute atomic E-state index is 0.230. The first-order chi connectivity index (χ1) is 15.2. The summed E-state index contributed by atoms with van der Waals surface area (Å²) in [6, 6.07) is 15.1. The van der Waals surface area contributed by atoms with Crippen LogP contribution >= 0.6 is 0 Å². The van der Waals surface area contributed by atoms with E-state index in [1.54, 1.807) is 0 Å². The average molecular weight is 422 g/mol. The van der Waals surface area contributed by atoms with Gasteiger partial charge in [0.05, 0.1) is 19.3 Å². The summed E-state index contributed by atoms with van der Waals surface area (Å²) in [6.45, 7) is 9.12. The number of aliphatic imine (C=N–C) groups is 1. The second-order valence-corrected chi connectivity index (χ2v) is 8.70. The number of rotatable bonds is 7. The molecule has 1 saturated carbocycles. The fourth-order valence-corrected chi connectivity index (χ4v) is 4.49. The molecule has 1 atom stereocenters. The zero-order valence-electron chi connectivity index (χ0n) is 18.8. The standard InChI is InChI=1S/C25H35N5O/c1-3-26-24(29-19-25(11-7-12-25)22-8-5-4-6-9-22)28-17-21-10-13-27-23(16-21)30-14-15-31-20(2)18-30/h4-6,8-10,13,16,20H,3,7,11-12,14-15,17-19H2,1-2H3,(H2,26,28,29). The van der Waals surface area contributed by atoms with Gasteiger partial charge in [-0.3, -0.25) is 0 Å². The number of hydrogen-bond acceptors (Lipinski definition) is 4. The molecule has 6 nitrogen and oxygen atoms in total. The second kappa shape index (κ2) is 10.1. The summed E-state index contributed by atoms with van der Waals surface area (Å²) >= 11 is 0. The summed E-state index contributed by atoms with van der Waals surface area (Å²) in [4.78, 5) is 11.7. The van der Waals surface area contributed by atoms with Crippen molar-refractivity contribution in [3.63, 3.8) is 0 Å². The van der Waals surface area contributed by atoms with Gasteiger partial charge in [0.25, 0.3) is 0 Å². The molecule has 31 heavy (non-hydrogen) atoms. The lowest BCUT2D eigenvalue weighted by atomic mass is 9.64. The molecular formula is C25H35N5O. The lowest BCUT2D eigenvalue weighted by Crippen LogP contribution is -2.48. The van der Waals surface area contributed by atoms with Gasteiger partial charge < -0.3 is 20.3 Å². The van der Waals surface area contributed by atoms with Crippen LogP contribution in [0, 0.1) is 0 Å². The minimum Gasteiger partial charge on any atom is -0.375 e. The predicted molar refractivity (Wildman–Crippen MR) is 127 cm³/mol. The van der Waals surface area contributed by atoms with Crippen molar-refractivity contribution in [3.8, 4) is 0 Å². The van der Waals surface area contributed by atoms with Crippen molar-refractivity contribution in [1.82, 2.24) is 15.6 Å². The SMILES string of the molecule is CCNC(=NCc1ccnc(N2CCOC(C)C2)c1)NCC1(c2ccccc2)CCC1. The maximum Gasteiger partial charge on any atom is 0.191 e. The number of benzene rings is 1. The normalized spacial score (nSPS) is 20.8. The highest BCUT2D eigenvalue weighted by Crippen LogP contribution is 2.43. The molecule has 0 radical (unpaired) electrons. The van der Waals surface area contributed by atoms with E-state index in [-0.39, 0.29) is 11.5 Å². The molecule has 2 aromatic rings. The summed E-state index contributed by atoms with van der Waals surface area (Å²) in [6.07, 6.45) is 5.89. The highest BCUT2D eigenvalue weighted by atomic mass is 16.5. The zero-order chi connectivity index (χ0) is 21.5. The van der Waals surface area contributed by atoms with E-state index in [1.807, 2.05) is 6.20 Å². The van der Waals surface area contributed by atoms with Gasteiger partial charge in [-0.15, -0.1) is 0 Å². The number of guanidine groups is 1. The van der Waals surface area contributed by atoms with Crippen LogP contribution in [0.15, 0.2) is 53.7 Å². The van der Waals surface area contributed by atoms with Crippen LogP contribution in [0.3, 0.4) is 0 Å². The molecule has 1 saturated heterocycles. The van der Waals surface area contributed by atoms with Gasteiger partial charge in [-0.05, 0) is 49.9 Å². The van der Waals surface area contributed by atoms with Crippen LogP contribution < -0.4 is 15.5 Å². The van der Waals surface area contributed by atoms with Crippen LogP contribution in [0.25, 0.3) is 0 Å². The molecule has 4 rings (SSSR count). The summed E-state index contributed by atoms with van der Waals surface area (Å²) in [5, 5.41) is 7.02. The Hall–Kier alpha value is -2.60. The Balaban J connectivity index is 1.40. The number of anilines is 1. The van der Waals surface area contributed by atoms with Gasteiger partial charge in [-0.25, -0.2) is 9.98 Å². The summed E-state index contributed by atoms with van der Waals surface area (Å²) in [7, 11) is 0. The molecule has 2 N–H and O–H groups in total. The van der Waals surface area contributed by atoms with Crippen LogP contribution in [-0.4, -0.2) is 49.8 Å². The van der Waals surface area contributed by atoms with Gasteiger partial charge >= 0.3 is 0 Å². The fraction of sp³-hybridized carbons (Fsp3) is 0.520. The quantitative estimate of drug-likeness (QED) is 0.529. The molecule has 0 amide bonds. The molecular weight excluding hydrogens is 386 g/mol. The van der Waals surface area contributed by atoms with Crippen molar-refractivity contribution in [2.24, 2.45) is 4.99 Å². The topological polar surface area (TPSA) is 61.8 Å². The number of aromatic nitrogens is 1. The highest BCUT2D eigenvalue weighted by molar-refractivity contribution is 5.80. The van der Waals surface area contributed by atoms with E-state index in [1.165, 1.54) is 30.4 Å². The molecule has 6 heteroatoms. The van der Waals surface area contributed by atoms with E-state index in [0.29, 0.717) is 6.54 Å². The van der Waals surface area contributed by atoms with E-state index in [0.717, 1.165) is 44.6 Å². The van der Waals surface area contributed by atoms with Crippen molar-refractivity contribution in [3.05, 3.63) is 59.8 Å². The van der Waals surface area contributed by atoms with Crippen molar-refractivity contribution >= 4 is 11.8 Å². The first-order valence-electron chi connectivity index (χ1n) is 11.6. The van der Waals surface area contributed by atoms with E-state index in [9.17, 15) is 0 Å². The molecule has 1 aliphatic heterocycles. The molecule has 2 heterocycles. The van der Waals surface area contributed by atoms with Gasteiger partial charge in [-0.2, -0.15) is 0 Å². The smallest absolute Gasteiger partial charge is 0.191 e. The second-order valence-electron chi connectivity index (χ2n) is 8.70. The molecule has 1 aliphatic carbocycles.